The number of ether oxygens (including phenoxy) is 1. The number of hydrazone groups is 1. The van der Waals surface area contributed by atoms with Crippen LogP contribution in [0.3, 0.4) is 0 Å². The molecule has 84 valence electrons. The van der Waals surface area contributed by atoms with Crippen molar-refractivity contribution < 1.29 is 4.74 Å². The van der Waals surface area contributed by atoms with Crippen LogP contribution in [0, 0.1) is 5.92 Å². The maximum absolute atomic E-state index is 5.17. The van der Waals surface area contributed by atoms with Gasteiger partial charge in [0.2, 0.25) is 0 Å². The molecule has 3 heteroatoms. The van der Waals surface area contributed by atoms with Crippen LogP contribution in [0.15, 0.2) is 29.4 Å². The standard InChI is InChI=1S/C13H16N2O/c1-16-10-7-5-9(6-8-10)13-11-3-2-4-12(11)14-15-13/h5-8,11,13,15H,2-4H2,1H3. The van der Waals surface area contributed by atoms with Crippen LogP contribution in [-0.2, 0) is 0 Å². The molecule has 3 rings (SSSR count). The predicted octanol–water partition coefficient (Wildman–Crippen LogP) is 2.50. The largest absolute Gasteiger partial charge is 0.497 e. The van der Waals surface area contributed by atoms with E-state index in [1.54, 1.807) is 7.11 Å². The highest BCUT2D eigenvalue weighted by atomic mass is 16.5. The molecule has 16 heavy (non-hydrogen) atoms. The molecule has 0 saturated heterocycles. The number of nitrogens with one attached hydrogen (secondary N) is 1. The van der Waals surface area contributed by atoms with E-state index in [1.165, 1.54) is 30.5 Å². The third-order valence-corrected chi connectivity index (χ3v) is 3.60. The Morgan fingerprint density at radius 1 is 1.31 bits per heavy atom. The highest BCUT2D eigenvalue weighted by molar-refractivity contribution is 5.90. The maximum Gasteiger partial charge on any atom is 0.118 e. The average Bonchev–Trinajstić information content (AvgIpc) is 2.91. The molecule has 2 aliphatic rings. The zero-order valence-corrected chi connectivity index (χ0v) is 9.44. The van der Waals surface area contributed by atoms with Gasteiger partial charge in [0.1, 0.15) is 5.75 Å². The van der Waals surface area contributed by atoms with E-state index in [-0.39, 0.29) is 0 Å². The number of fused-ring (bicyclic) bond motifs is 1. The van der Waals surface area contributed by atoms with Crippen LogP contribution in [0.4, 0.5) is 0 Å². The minimum atomic E-state index is 0.378. The van der Waals surface area contributed by atoms with Crippen molar-refractivity contribution in [3.05, 3.63) is 29.8 Å². The summed E-state index contributed by atoms with van der Waals surface area (Å²) in [5.74, 6) is 1.53. The third kappa shape index (κ3) is 1.47. The Labute approximate surface area is 95.5 Å². The van der Waals surface area contributed by atoms with Crippen LogP contribution in [0.5, 0.6) is 5.75 Å². The Kier molecular flexibility index (Phi) is 2.31. The number of nitrogens with zero attached hydrogens (tertiary/aromatic N) is 1. The summed E-state index contributed by atoms with van der Waals surface area (Å²) in [7, 11) is 1.70. The van der Waals surface area contributed by atoms with Crippen molar-refractivity contribution in [3.63, 3.8) is 0 Å². The third-order valence-electron chi connectivity index (χ3n) is 3.60. The van der Waals surface area contributed by atoms with Gasteiger partial charge in [-0.1, -0.05) is 12.1 Å². The second-order valence-corrected chi connectivity index (χ2v) is 4.48. The van der Waals surface area contributed by atoms with Gasteiger partial charge in [-0.3, -0.25) is 0 Å². The van der Waals surface area contributed by atoms with E-state index in [9.17, 15) is 0 Å². The number of rotatable bonds is 2. The van der Waals surface area contributed by atoms with Crippen LogP contribution >= 0.6 is 0 Å². The Morgan fingerprint density at radius 3 is 2.88 bits per heavy atom. The Bertz CT molecular complexity index is 410. The zero-order valence-electron chi connectivity index (χ0n) is 9.44. The molecule has 3 nitrogen and oxygen atoms in total. The molecule has 0 amide bonds. The van der Waals surface area contributed by atoms with Gasteiger partial charge in [0.15, 0.2) is 0 Å². The predicted molar refractivity (Wildman–Crippen MR) is 63.6 cm³/mol. The van der Waals surface area contributed by atoms with Crippen LogP contribution < -0.4 is 10.2 Å². The molecule has 0 aromatic heterocycles. The molecular formula is C13H16N2O. The van der Waals surface area contributed by atoms with Gasteiger partial charge >= 0.3 is 0 Å². The quantitative estimate of drug-likeness (QED) is 0.824. The van der Waals surface area contributed by atoms with Gasteiger partial charge in [-0.2, -0.15) is 5.10 Å². The van der Waals surface area contributed by atoms with Crippen molar-refractivity contribution in [2.45, 2.75) is 25.3 Å². The first-order valence-electron chi connectivity index (χ1n) is 5.84. The van der Waals surface area contributed by atoms with Gasteiger partial charge < -0.3 is 10.2 Å². The van der Waals surface area contributed by atoms with Gasteiger partial charge in [0.05, 0.1) is 13.2 Å². The minimum Gasteiger partial charge on any atom is -0.497 e. The molecular weight excluding hydrogens is 200 g/mol. The highest BCUT2D eigenvalue weighted by Crippen LogP contribution is 2.37. The van der Waals surface area contributed by atoms with Gasteiger partial charge in [0, 0.05) is 11.6 Å². The van der Waals surface area contributed by atoms with Crippen molar-refractivity contribution in [1.82, 2.24) is 5.43 Å². The summed E-state index contributed by atoms with van der Waals surface area (Å²) in [6.45, 7) is 0. The zero-order chi connectivity index (χ0) is 11.0. The van der Waals surface area contributed by atoms with Crippen LogP contribution in [0.2, 0.25) is 0 Å². The van der Waals surface area contributed by atoms with E-state index in [1.807, 2.05) is 12.1 Å². The van der Waals surface area contributed by atoms with Crippen molar-refractivity contribution in [2.24, 2.45) is 11.0 Å². The molecule has 1 saturated carbocycles. The van der Waals surface area contributed by atoms with Crippen molar-refractivity contribution >= 4 is 5.71 Å². The van der Waals surface area contributed by atoms with E-state index in [0.717, 1.165) is 5.75 Å². The molecule has 0 radical (unpaired) electrons. The fourth-order valence-corrected chi connectivity index (χ4v) is 2.71. The van der Waals surface area contributed by atoms with Crippen LogP contribution in [-0.4, -0.2) is 12.8 Å². The molecule has 0 spiro atoms. The van der Waals surface area contributed by atoms with Crippen molar-refractivity contribution in [1.29, 1.82) is 0 Å². The summed E-state index contributed by atoms with van der Waals surface area (Å²) in [4.78, 5) is 0. The summed E-state index contributed by atoms with van der Waals surface area (Å²) in [6, 6.07) is 8.68. The van der Waals surface area contributed by atoms with Crippen molar-refractivity contribution in [3.8, 4) is 5.75 Å². The fraction of sp³-hybridized carbons (Fsp3) is 0.462. The van der Waals surface area contributed by atoms with E-state index >= 15 is 0 Å². The summed E-state index contributed by atoms with van der Waals surface area (Å²) in [6.07, 6.45) is 3.73. The average molecular weight is 216 g/mol. The molecule has 1 fully saturated rings. The van der Waals surface area contributed by atoms with E-state index in [0.29, 0.717) is 12.0 Å². The number of hydrogen-bond donors (Lipinski definition) is 1. The molecule has 1 aliphatic heterocycles. The lowest BCUT2D eigenvalue weighted by atomic mass is 9.92. The number of hydrogen-bond acceptors (Lipinski definition) is 3. The molecule has 1 aliphatic carbocycles. The van der Waals surface area contributed by atoms with Gasteiger partial charge in [-0.05, 0) is 37.0 Å². The maximum atomic E-state index is 5.17. The van der Waals surface area contributed by atoms with Crippen molar-refractivity contribution in [2.75, 3.05) is 7.11 Å². The van der Waals surface area contributed by atoms with Gasteiger partial charge in [-0.15, -0.1) is 0 Å². The lowest BCUT2D eigenvalue weighted by molar-refractivity contribution is 0.413. The number of benzene rings is 1. The van der Waals surface area contributed by atoms with Crippen LogP contribution in [0.1, 0.15) is 30.9 Å². The Balaban J connectivity index is 1.82. The second-order valence-electron chi connectivity index (χ2n) is 4.48. The molecule has 1 heterocycles. The first-order valence-corrected chi connectivity index (χ1v) is 5.84. The Morgan fingerprint density at radius 2 is 2.12 bits per heavy atom. The second kappa shape index (κ2) is 3.81. The summed E-state index contributed by atoms with van der Waals surface area (Å²) in [5, 5.41) is 4.43. The topological polar surface area (TPSA) is 33.6 Å². The molecule has 0 bridgehead atoms. The van der Waals surface area contributed by atoms with E-state index in [2.05, 4.69) is 22.7 Å². The lowest BCUT2D eigenvalue weighted by Crippen LogP contribution is -2.18. The molecule has 1 N–H and O–H groups in total. The van der Waals surface area contributed by atoms with E-state index < -0.39 is 0 Å². The number of methoxy groups -OCH3 is 1. The Hall–Kier alpha value is -1.51. The minimum absolute atomic E-state index is 0.378. The highest BCUT2D eigenvalue weighted by Gasteiger charge is 2.35. The summed E-state index contributed by atoms with van der Waals surface area (Å²) >= 11 is 0. The van der Waals surface area contributed by atoms with E-state index in [4.69, 9.17) is 4.74 Å². The molecule has 1 aromatic carbocycles. The monoisotopic (exact) mass is 216 g/mol. The first kappa shape index (κ1) is 9.70. The lowest BCUT2D eigenvalue weighted by Gasteiger charge is -2.17. The fourth-order valence-electron chi connectivity index (χ4n) is 2.71. The molecule has 2 atom stereocenters. The smallest absolute Gasteiger partial charge is 0.118 e. The van der Waals surface area contributed by atoms with Crippen LogP contribution in [0.25, 0.3) is 0 Å². The summed E-state index contributed by atoms with van der Waals surface area (Å²) in [5.41, 5.74) is 5.93. The normalized spacial score (nSPS) is 27.2. The first-order chi connectivity index (χ1) is 7.88. The SMILES string of the molecule is COc1ccc(C2NN=C3CCCC32)cc1. The van der Waals surface area contributed by atoms with Gasteiger partial charge in [0.25, 0.3) is 0 Å². The molecule has 1 aromatic rings. The summed E-state index contributed by atoms with van der Waals surface area (Å²) < 4.78 is 5.17. The van der Waals surface area contributed by atoms with Gasteiger partial charge in [-0.25, -0.2) is 0 Å². The molecule has 2 unspecified atom stereocenters.